The number of nitrogen functional groups attached to an aromatic ring is 1. The molecule has 1 aromatic heterocycles. The van der Waals surface area contributed by atoms with Gasteiger partial charge in [0.05, 0.1) is 29.7 Å². The molecule has 0 aliphatic rings. The summed E-state index contributed by atoms with van der Waals surface area (Å²) in [5.41, 5.74) is 7.30. The highest BCUT2D eigenvalue weighted by Crippen LogP contribution is 2.27. The highest BCUT2D eigenvalue weighted by atomic mass is 16.5. The molecule has 6 heteroatoms. The Morgan fingerprint density at radius 1 is 1.53 bits per heavy atom. The molecule has 2 rings (SSSR count). The smallest absolute Gasteiger partial charge is 0.259 e. The van der Waals surface area contributed by atoms with Crippen LogP contribution in [-0.2, 0) is 7.05 Å². The molecular formula is C13H16N4O2. The molecule has 0 atom stereocenters. The number of nitrogens with zero attached hydrogens (tertiary/aromatic N) is 2. The largest absolute Gasteiger partial charge is 0.491 e. The van der Waals surface area contributed by atoms with Crippen LogP contribution in [0.1, 0.15) is 17.3 Å². The number of ether oxygens (including phenoxy) is 1. The van der Waals surface area contributed by atoms with Crippen molar-refractivity contribution in [2.45, 2.75) is 6.92 Å². The minimum Gasteiger partial charge on any atom is -0.491 e. The fourth-order valence-corrected chi connectivity index (χ4v) is 1.72. The second kappa shape index (κ2) is 5.43. The van der Waals surface area contributed by atoms with Gasteiger partial charge in [0.25, 0.3) is 5.91 Å². The van der Waals surface area contributed by atoms with Crippen LogP contribution in [0.4, 0.5) is 11.4 Å². The van der Waals surface area contributed by atoms with Gasteiger partial charge in [0.1, 0.15) is 0 Å². The maximum Gasteiger partial charge on any atom is 0.259 e. The quantitative estimate of drug-likeness (QED) is 0.819. The lowest BCUT2D eigenvalue weighted by Gasteiger charge is -2.11. The maximum absolute atomic E-state index is 12.2. The normalized spacial score (nSPS) is 10.2. The molecule has 0 aliphatic heterocycles. The number of aromatic nitrogens is 2. The van der Waals surface area contributed by atoms with Gasteiger partial charge >= 0.3 is 0 Å². The van der Waals surface area contributed by atoms with Crippen molar-refractivity contribution < 1.29 is 9.53 Å². The summed E-state index contributed by atoms with van der Waals surface area (Å²) in [5, 5.41) is 6.73. The van der Waals surface area contributed by atoms with Gasteiger partial charge in [0.15, 0.2) is 5.75 Å². The fraction of sp³-hybridized carbons (Fsp3) is 0.231. The van der Waals surface area contributed by atoms with E-state index in [0.29, 0.717) is 29.3 Å². The Balaban J connectivity index is 2.25. The van der Waals surface area contributed by atoms with E-state index in [-0.39, 0.29) is 5.91 Å². The number of benzene rings is 1. The molecule has 0 fully saturated rings. The van der Waals surface area contributed by atoms with Crippen LogP contribution in [0.5, 0.6) is 5.75 Å². The van der Waals surface area contributed by atoms with Gasteiger partial charge in [-0.1, -0.05) is 6.07 Å². The van der Waals surface area contributed by atoms with E-state index in [1.165, 1.54) is 0 Å². The summed E-state index contributed by atoms with van der Waals surface area (Å²) in [4.78, 5) is 12.2. The summed E-state index contributed by atoms with van der Waals surface area (Å²) in [7, 11) is 1.78. The first-order valence-corrected chi connectivity index (χ1v) is 5.93. The molecule has 0 radical (unpaired) electrons. The maximum atomic E-state index is 12.2. The van der Waals surface area contributed by atoms with Crippen LogP contribution in [0, 0.1) is 0 Å². The van der Waals surface area contributed by atoms with Gasteiger partial charge in [-0.3, -0.25) is 9.48 Å². The van der Waals surface area contributed by atoms with Crippen molar-refractivity contribution in [1.82, 2.24) is 9.78 Å². The molecule has 2 aromatic rings. The zero-order valence-electron chi connectivity index (χ0n) is 10.9. The molecular weight excluding hydrogens is 244 g/mol. The number of anilines is 2. The Kier molecular flexibility index (Phi) is 3.70. The van der Waals surface area contributed by atoms with Gasteiger partial charge in [0, 0.05) is 13.2 Å². The summed E-state index contributed by atoms with van der Waals surface area (Å²) in [6, 6.07) is 5.09. The van der Waals surface area contributed by atoms with E-state index >= 15 is 0 Å². The zero-order valence-corrected chi connectivity index (χ0v) is 10.9. The molecule has 3 N–H and O–H groups in total. The van der Waals surface area contributed by atoms with Crippen LogP contribution in [0.25, 0.3) is 0 Å². The number of carbonyl (C=O) groups excluding carboxylic acids is 1. The molecule has 0 spiro atoms. The number of nitrogens with two attached hydrogens (primary N) is 1. The Morgan fingerprint density at radius 2 is 2.32 bits per heavy atom. The third-order valence-electron chi connectivity index (χ3n) is 2.54. The van der Waals surface area contributed by atoms with Crippen molar-refractivity contribution in [3.05, 3.63) is 36.2 Å². The zero-order chi connectivity index (χ0) is 13.8. The molecule has 0 saturated carbocycles. The number of nitrogens with one attached hydrogen (secondary N) is 1. The van der Waals surface area contributed by atoms with E-state index in [0.717, 1.165) is 0 Å². The lowest BCUT2D eigenvalue weighted by Crippen LogP contribution is -2.14. The molecule has 100 valence electrons. The molecule has 0 bridgehead atoms. The number of rotatable bonds is 4. The summed E-state index contributed by atoms with van der Waals surface area (Å²) in [6.45, 7) is 2.29. The van der Waals surface area contributed by atoms with E-state index in [9.17, 15) is 4.79 Å². The predicted molar refractivity (Wildman–Crippen MR) is 73.2 cm³/mol. The van der Waals surface area contributed by atoms with E-state index in [1.54, 1.807) is 42.3 Å². The van der Waals surface area contributed by atoms with Gasteiger partial charge in [-0.05, 0) is 19.1 Å². The molecule has 0 saturated heterocycles. The second-order valence-electron chi connectivity index (χ2n) is 4.01. The molecule has 0 unspecified atom stereocenters. The third kappa shape index (κ3) is 2.85. The lowest BCUT2D eigenvalue weighted by atomic mass is 10.1. The predicted octanol–water partition coefficient (Wildman–Crippen LogP) is 1.65. The van der Waals surface area contributed by atoms with Gasteiger partial charge in [-0.15, -0.1) is 0 Å². The van der Waals surface area contributed by atoms with Crippen molar-refractivity contribution in [2.24, 2.45) is 7.05 Å². The number of amides is 1. The van der Waals surface area contributed by atoms with E-state index in [1.807, 2.05) is 6.92 Å². The monoisotopic (exact) mass is 260 g/mol. The van der Waals surface area contributed by atoms with Crippen molar-refractivity contribution >= 4 is 17.3 Å². The lowest BCUT2D eigenvalue weighted by molar-refractivity contribution is 0.102. The fourth-order valence-electron chi connectivity index (χ4n) is 1.72. The Morgan fingerprint density at radius 3 is 2.95 bits per heavy atom. The second-order valence-corrected chi connectivity index (χ2v) is 4.01. The van der Waals surface area contributed by atoms with E-state index < -0.39 is 0 Å². The molecule has 0 aliphatic carbocycles. The summed E-state index contributed by atoms with van der Waals surface area (Å²) in [6.07, 6.45) is 3.29. The minimum atomic E-state index is -0.274. The van der Waals surface area contributed by atoms with Gasteiger partial charge in [-0.2, -0.15) is 5.10 Å². The van der Waals surface area contributed by atoms with Crippen LogP contribution in [0.15, 0.2) is 30.6 Å². The molecule has 6 nitrogen and oxygen atoms in total. The highest BCUT2D eigenvalue weighted by molar-refractivity contribution is 6.07. The van der Waals surface area contributed by atoms with Crippen LogP contribution < -0.4 is 15.8 Å². The van der Waals surface area contributed by atoms with Crippen molar-refractivity contribution in [3.8, 4) is 5.75 Å². The molecule has 19 heavy (non-hydrogen) atoms. The SMILES string of the molecule is CCOc1c(N)cccc1C(=O)Nc1cnn(C)c1. The molecule has 1 amide bonds. The summed E-state index contributed by atoms with van der Waals surface area (Å²) < 4.78 is 7.03. The highest BCUT2D eigenvalue weighted by Gasteiger charge is 2.15. The van der Waals surface area contributed by atoms with Gasteiger partial charge < -0.3 is 15.8 Å². The van der Waals surface area contributed by atoms with Crippen molar-refractivity contribution in [1.29, 1.82) is 0 Å². The van der Waals surface area contributed by atoms with Crippen LogP contribution in [0.2, 0.25) is 0 Å². The number of hydrogen-bond acceptors (Lipinski definition) is 4. The van der Waals surface area contributed by atoms with Crippen LogP contribution in [0.3, 0.4) is 0 Å². The summed E-state index contributed by atoms with van der Waals surface area (Å²) >= 11 is 0. The van der Waals surface area contributed by atoms with Crippen molar-refractivity contribution in [3.63, 3.8) is 0 Å². The standard InChI is InChI=1S/C13H16N4O2/c1-3-19-12-10(5-4-6-11(12)14)13(18)16-9-7-15-17(2)8-9/h4-8H,3,14H2,1-2H3,(H,16,18). The first-order valence-electron chi connectivity index (χ1n) is 5.93. The summed E-state index contributed by atoms with van der Waals surface area (Å²) in [5.74, 6) is 0.134. The third-order valence-corrected chi connectivity index (χ3v) is 2.54. The van der Waals surface area contributed by atoms with E-state index in [4.69, 9.17) is 10.5 Å². The van der Waals surface area contributed by atoms with Crippen LogP contribution >= 0.6 is 0 Å². The average molecular weight is 260 g/mol. The topological polar surface area (TPSA) is 82.2 Å². The van der Waals surface area contributed by atoms with Gasteiger partial charge in [0.2, 0.25) is 0 Å². The number of aryl methyl sites for hydroxylation is 1. The van der Waals surface area contributed by atoms with Crippen molar-refractivity contribution in [2.75, 3.05) is 17.7 Å². The van der Waals surface area contributed by atoms with E-state index in [2.05, 4.69) is 10.4 Å². The average Bonchev–Trinajstić information content (AvgIpc) is 2.77. The minimum absolute atomic E-state index is 0.274. The first kappa shape index (κ1) is 12.9. The number of hydrogen-bond donors (Lipinski definition) is 2. The Bertz CT molecular complexity index is 592. The Labute approximate surface area is 111 Å². The molecule has 1 aromatic carbocycles. The number of para-hydroxylation sites is 1. The van der Waals surface area contributed by atoms with Crippen LogP contribution in [-0.4, -0.2) is 22.3 Å². The first-order chi connectivity index (χ1) is 9.11. The van der Waals surface area contributed by atoms with Gasteiger partial charge in [-0.25, -0.2) is 0 Å². The molecule has 1 heterocycles. The number of carbonyl (C=O) groups is 1. The Hall–Kier alpha value is -2.50.